The first kappa shape index (κ1) is 25.5. The van der Waals surface area contributed by atoms with E-state index in [1.54, 1.807) is 12.1 Å². The highest BCUT2D eigenvalue weighted by molar-refractivity contribution is 7.92. The fraction of sp³-hybridized carbons (Fsp3) is 0.138. The number of sulfonamides is 1. The maximum atomic E-state index is 13.3. The standard InChI is InChI=1S/C29H27ClN2O3S/c1-19-12-14-23(15-13-19)28(22-9-5-4-6-10-22)31-29(33)24-16-17-25(30)27(18-24)36(34,35)32-26-11-7-8-20(2)21(26)3/h4-18,28,32H,1-3H3,(H,31,33)/t28-/m1/s1. The first-order chi connectivity index (χ1) is 17.2. The number of carbonyl (C=O) groups is 1. The quantitative estimate of drug-likeness (QED) is 0.290. The smallest absolute Gasteiger partial charge is 0.263 e. The molecular weight excluding hydrogens is 492 g/mol. The van der Waals surface area contributed by atoms with Gasteiger partial charge in [0.15, 0.2) is 0 Å². The van der Waals surface area contributed by atoms with E-state index in [1.165, 1.54) is 18.2 Å². The molecule has 2 N–H and O–H groups in total. The Kier molecular flexibility index (Phi) is 7.48. The SMILES string of the molecule is Cc1ccc([C@H](NC(=O)c2ccc(Cl)c(S(=O)(=O)Nc3cccc(C)c3C)c2)c2ccccc2)cc1. The van der Waals surface area contributed by atoms with Crippen LogP contribution in [0.4, 0.5) is 5.69 Å². The molecule has 0 radical (unpaired) electrons. The van der Waals surface area contributed by atoms with Crippen LogP contribution >= 0.6 is 11.6 Å². The molecule has 0 bridgehead atoms. The Morgan fingerprint density at radius 1 is 0.806 bits per heavy atom. The molecule has 0 aliphatic heterocycles. The summed E-state index contributed by atoms with van der Waals surface area (Å²) in [4.78, 5) is 13.2. The third-order valence-corrected chi connectivity index (χ3v) is 8.00. The van der Waals surface area contributed by atoms with E-state index in [1.807, 2.05) is 81.4 Å². The lowest BCUT2D eigenvalue weighted by atomic mass is 9.97. The predicted molar refractivity (Wildman–Crippen MR) is 145 cm³/mol. The Morgan fingerprint density at radius 3 is 2.17 bits per heavy atom. The number of halogens is 1. The second kappa shape index (κ2) is 10.6. The molecule has 4 aromatic carbocycles. The van der Waals surface area contributed by atoms with Crippen LogP contribution in [0.5, 0.6) is 0 Å². The van der Waals surface area contributed by atoms with Gasteiger partial charge in [-0.25, -0.2) is 8.42 Å². The highest BCUT2D eigenvalue weighted by Crippen LogP contribution is 2.28. The Labute approximate surface area is 217 Å². The molecule has 0 spiro atoms. The van der Waals surface area contributed by atoms with Crippen LogP contribution in [0.15, 0.2) is 95.9 Å². The maximum Gasteiger partial charge on any atom is 0.263 e. The van der Waals surface area contributed by atoms with Crippen LogP contribution < -0.4 is 10.0 Å². The van der Waals surface area contributed by atoms with Crippen molar-refractivity contribution in [2.75, 3.05) is 4.72 Å². The molecule has 0 fully saturated rings. The molecule has 7 heteroatoms. The number of rotatable bonds is 7. The van der Waals surface area contributed by atoms with Crippen molar-refractivity contribution in [1.29, 1.82) is 0 Å². The minimum Gasteiger partial charge on any atom is -0.341 e. The molecule has 4 aromatic rings. The molecule has 184 valence electrons. The van der Waals surface area contributed by atoms with E-state index >= 15 is 0 Å². The average molecular weight is 519 g/mol. The molecule has 0 aliphatic rings. The van der Waals surface area contributed by atoms with Gasteiger partial charge in [0.1, 0.15) is 4.90 Å². The molecule has 1 amide bonds. The zero-order valence-corrected chi connectivity index (χ0v) is 21.8. The number of nitrogens with one attached hydrogen (secondary N) is 2. The first-order valence-corrected chi connectivity index (χ1v) is 13.3. The van der Waals surface area contributed by atoms with E-state index in [4.69, 9.17) is 11.6 Å². The van der Waals surface area contributed by atoms with Crippen LogP contribution in [0.3, 0.4) is 0 Å². The molecule has 0 saturated heterocycles. The lowest BCUT2D eigenvalue weighted by Gasteiger charge is -2.20. The summed E-state index contributed by atoms with van der Waals surface area (Å²) in [6.45, 7) is 5.75. The van der Waals surface area contributed by atoms with Crippen molar-refractivity contribution in [3.8, 4) is 0 Å². The molecule has 0 unspecified atom stereocenters. The number of hydrogen-bond acceptors (Lipinski definition) is 3. The lowest BCUT2D eigenvalue weighted by Crippen LogP contribution is -2.29. The zero-order valence-electron chi connectivity index (χ0n) is 20.2. The number of amides is 1. The number of anilines is 1. The van der Waals surface area contributed by atoms with Crippen molar-refractivity contribution in [2.24, 2.45) is 0 Å². The largest absolute Gasteiger partial charge is 0.341 e. The van der Waals surface area contributed by atoms with E-state index in [-0.39, 0.29) is 15.5 Å². The third-order valence-electron chi connectivity index (χ3n) is 6.15. The summed E-state index contributed by atoms with van der Waals surface area (Å²) < 4.78 is 29.1. The van der Waals surface area contributed by atoms with Crippen molar-refractivity contribution >= 4 is 33.2 Å². The Morgan fingerprint density at radius 2 is 1.47 bits per heavy atom. The molecule has 0 heterocycles. The monoisotopic (exact) mass is 518 g/mol. The molecule has 1 atom stereocenters. The fourth-order valence-corrected chi connectivity index (χ4v) is 5.54. The summed E-state index contributed by atoms with van der Waals surface area (Å²) in [5, 5.41) is 3.08. The number of aryl methyl sites for hydroxylation is 2. The third kappa shape index (κ3) is 5.61. The molecule has 0 saturated carbocycles. The van der Waals surface area contributed by atoms with Gasteiger partial charge in [-0.15, -0.1) is 0 Å². The van der Waals surface area contributed by atoms with E-state index < -0.39 is 22.0 Å². The first-order valence-electron chi connectivity index (χ1n) is 11.5. The van der Waals surface area contributed by atoms with Gasteiger partial charge in [0.2, 0.25) is 0 Å². The lowest BCUT2D eigenvalue weighted by molar-refractivity contribution is 0.0942. The summed E-state index contributed by atoms with van der Waals surface area (Å²) in [5.41, 5.74) is 5.36. The second-order valence-corrected chi connectivity index (χ2v) is 10.8. The van der Waals surface area contributed by atoms with Crippen LogP contribution in [0, 0.1) is 20.8 Å². The number of benzene rings is 4. The van der Waals surface area contributed by atoms with Gasteiger partial charge in [0, 0.05) is 5.56 Å². The molecule has 36 heavy (non-hydrogen) atoms. The van der Waals surface area contributed by atoms with Crippen LogP contribution in [0.25, 0.3) is 0 Å². The summed E-state index contributed by atoms with van der Waals surface area (Å²) in [5.74, 6) is -0.413. The van der Waals surface area contributed by atoms with Crippen molar-refractivity contribution in [3.63, 3.8) is 0 Å². The summed E-state index contributed by atoms with van der Waals surface area (Å²) in [7, 11) is -4.04. The van der Waals surface area contributed by atoms with Gasteiger partial charge in [-0.2, -0.15) is 0 Å². The van der Waals surface area contributed by atoms with E-state index in [9.17, 15) is 13.2 Å². The topological polar surface area (TPSA) is 75.3 Å². The zero-order chi connectivity index (χ0) is 25.9. The van der Waals surface area contributed by atoms with Gasteiger partial charge in [-0.05, 0) is 67.3 Å². The van der Waals surface area contributed by atoms with E-state index in [0.717, 1.165) is 27.8 Å². The van der Waals surface area contributed by atoms with E-state index in [2.05, 4.69) is 10.0 Å². The highest BCUT2D eigenvalue weighted by Gasteiger charge is 2.23. The van der Waals surface area contributed by atoms with Crippen LogP contribution in [-0.2, 0) is 10.0 Å². The summed E-state index contributed by atoms with van der Waals surface area (Å²) in [6, 6.07) is 26.8. The normalized spacial score (nSPS) is 12.1. The van der Waals surface area contributed by atoms with Crippen molar-refractivity contribution in [1.82, 2.24) is 5.32 Å². The number of carbonyl (C=O) groups excluding carboxylic acids is 1. The van der Waals surface area contributed by atoms with Crippen LogP contribution in [-0.4, -0.2) is 14.3 Å². The van der Waals surface area contributed by atoms with Gasteiger partial charge in [0.25, 0.3) is 15.9 Å². The second-order valence-electron chi connectivity index (χ2n) is 8.73. The predicted octanol–water partition coefficient (Wildman–Crippen LogP) is 6.59. The molecule has 5 nitrogen and oxygen atoms in total. The molecule has 4 rings (SSSR count). The minimum atomic E-state index is -4.04. The van der Waals surface area contributed by atoms with Crippen molar-refractivity contribution in [2.45, 2.75) is 31.7 Å². The van der Waals surface area contributed by atoms with Crippen molar-refractivity contribution in [3.05, 3.63) is 129 Å². The van der Waals surface area contributed by atoms with Gasteiger partial charge in [0.05, 0.1) is 16.8 Å². The Balaban J connectivity index is 1.66. The van der Waals surface area contributed by atoms with Crippen LogP contribution in [0.1, 0.15) is 44.2 Å². The summed E-state index contributed by atoms with van der Waals surface area (Å²) in [6.07, 6.45) is 0. The average Bonchev–Trinajstić information content (AvgIpc) is 2.86. The summed E-state index contributed by atoms with van der Waals surface area (Å²) >= 11 is 6.28. The van der Waals surface area contributed by atoms with Crippen molar-refractivity contribution < 1.29 is 13.2 Å². The fourth-order valence-electron chi connectivity index (χ4n) is 3.89. The molecule has 0 aromatic heterocycles. The Bertz CT molecular complexity index is 1500. The van der Waals surface area contributed by atoms with Crippen LogP contribution in [0.2, 0.25) is 5.02 Å². The Hall–Kier alpha value is -3.61. The maximum absolute atomic E-state index is 13.3. The van der Waals surface area contributed by atoms with Gasteiger partial charge < -0.3 is 5.32 Å². The number of hydrogen-bond donors (Lipinski definition) is 2. The van der Waals surface area contributed by atoms with E-state index in [0.29, 0.717) is 5.69 Å². The molecule has 0 aliphatic carbocycles. The van der Waals surface area contributed by atoms with Gasteiger partial charge >= 0.3 is 0 Å². The molecular formula is C29H27ClN2O3S. The van der Waals surface area contributed by atoms with Gasteiger partial charge in [-0.3, -0.25) is 9.52 Å². The van der Waals surface area contributed by atoms with Gasteiger partial charge in [-0.1, -0.05) is 83.9 Å². The minimum absolute atomic E-state index is 0.0301. The highest BCUT2D eigenvalue weighted by atomic mass is 35.5.